The van der Waals surface area contributed by atoms with E-state index < -0.39 is 17.7 Å². The number of carbonyl (C=O) groups excluding carboxylic acids is 2. The molecule has 142 valence electrons. The first-order chi connectivity index (χ1) is 13.7. The monoisotopic (exact) mass is 394 g/mol. The van der Waals surface area contributed by atoms with Crippen LogP contribution in [0.5, 0.6) is 0 Å². The molecule has 28 heavy (non-hydrogen) atoms. The number of ketones is 1. The van der Waals surface area contributed by atoms with Crippen molar-refractivity contribution in [2.45, 2.75) is 19.0 Å². The molecule has 0 spiro atoms. The average molecular weight is 394 g/mol. The van der Waals surface area contributed by atoms with Crippen molar-refractivity contribution < 1.29 is 14.7 Å². The number of pyridine rings is 1. The quantitative estimate of drug-likeness (QED) is 0.623. The molecule has 0 saturated heterocycles. The lowest BCUT2D eigenvalue weighted by Gasteiger charge is -2.26. The fraction of sp³-hybridized carbons (Fsp3) is 0.200. The van der Waals surface area contributed by atoms with Gasteiger partial charge in [-0.1, -0.05) is 6.07 Å². The molecule has 0 fully saturated rings. The number of nitrogens with zero attached hydrogens (tertiary/aromatic N) is 4. The molecule has 0 bridgehead atoms. The minimum absolute atomic E-state index is 0.126. The van der Waals surface area contributed by atoms with Crippen molar-refractivity contribution in [3.8, 4) is 0 Å². The standard InChI is InChI=1S/C20H18N4O3S/c25-18(15-3-1-12-28-15)16-17(14-4-6-21-7-5-14)24(20(27)19(16)26)10-2-9-23-11-8-22-13-23/h1,3-8,11-13,17,26H,2,9-10H2. The number of hydrogen-bond acceptors (Lipinski definition) is 6. The number of amides is 1. The summed E-state index contributed by atoms with van der Waals surface area (Å²) in [5.74, 6) is -1.31. The van der Waals surface area contributed by atoms with E-state index in [0.29, 0.717) is 24.4 Å². The smallest absolute Gasteiger partial charge is 0.290 e. The Kier molecular flexibility index (Phi) is 5.03. The number of hydrogen-bond donors (Lipinski definition) is 1. The van der Waals surface area contributed by atoms with Crippen molar-refractivity contribution in [2.24, 2.45) is 0 Å². The van der Waals surface area contributed by atoms with E-state index in [-0.39, 0.29) is 11.4 Å². The lowest BCUT2D eigenvalue weighted by molar-refractivity contribution is -0.129. The maximum Gasteiger partial charge on any atom is 0.290 e. The van der Waals surface area contributed by atoms with Crippen LogP contribution in [0.1, 0.15) is 27.7 Å². The minimum Gasteiger partial charge on any atom is -0.503 e. The predicted octanol–water partition coefficient (Wildman–Crippen LogP) is 3.01. The van der Waals surface area contributed by atoms with Crippen LogP contribution in [0.3, 0.4) is 0 Å². The van der Waals surface area contributed by atoms with Gasteiger partial charge in [0.15, 0.2) is 5.76 Å². The van der Waals surface area contributed by atoms with E-state index in [1.807, 2.05) is 10.8 Å². The van der Waals surface area contributed by atoms with E-state index in [2.05, 4.69) is 9.97 Å². The van der Waals surface area contributed by atoms with Gasteiger partial charge in [0.1, 0.15) is 0 Å². The molecule has 1 aliphatic rings. The summed E-state index contributed by atoms with van der Waals surface area (Å²) in [7, 11) is 0. The van der Waals surface area contributed by atoms with Gasteiger partial charge in [0, 0.05) is 37.9 Å². The topological polar surface area (TPSA) is 88.3 Å². The SMILES string of the molecule is O=C(C1=C(O)C(=O)N(CCCn2ccnc2)C1c1ccncc1)c1cccs1. The third kappa shape index (κ3) is 3.34. The van der Waals surface area contributed by atoms with Gasteiger partial charge in [-0.15, -0.1) is 11.3 Å². The van der Waals surface area contributed by atoms with E-state index in [4.69, 9.17) is 0 Å². The number of aliphatic hydroxyl groups is 1. The van der Waals surface area contributed by atoms with Crippen molar-refractivity contribution in [3.63, 3.8) is 0 Å². The molecule has 1 amide bonds. The summed E-state index contributed by atoms with van der Waals surface area (Å²) in [6.45, 7) is 1.08. The van der Waals surface area contributed by atoms with Gasteiger partial charge >= 0.3 is 0 Å². The zero-order valence-corrected chi connectivity index (χ0v) is 15.7. The molecule has 1 atom stereocenters. The Morgan fingerprint density at radius 3 is 2.64 bits per heavy atom. The van der Waals surface area contributed by atoms with Gasteiger partial charge in [-0.25, -0.2) is 4.98 Å². The van der Waals surface area contributed by atoms with Gasteiger partial charge in [0.2, 0.25) is 5.78 Å². The molecular weight excluding hydrogens is 376 g/mol. The molecule has 1 N–H and O–H groups in total. The maximum atomic E-state index is 13.0. The van der Waals surface area contributed by atoms with Gasteiger partial charge in [-0.3, -0.25) is 14.6 Å². The molecule has 3 aromatic rings. The second-order valence-electron chi connectivity index (χ2n) is 6.40. The molecular formula is C20H18N4O3S. The van der Waals surface area contributed by atoms with Crippen molar-refractivity contribution in [1.29, 1.82) is 0 Å². The normalized spacial score (nSPS) is 16.8. The van der Waals surface area contributed by atoms with Crippen molar-refractivity contribution >= 4 is 23.0 Å². The maximum absolute atomic E-state index is 13.0. The van der Waals surface area contributed by atoms with E-state index in [9.17, 15) is 14.7 Å². The molecule has 4 heterocycles. The number of rotatable bonds is 7. The minimum atomic E-state index is -0.632. The Morgan fingerprint density at radius 2 is 1.96 bits per heavy atom. The first-order valence-corrected chi connectivity index (χ1v) is 9.72. The third-order valence-electron chi connectivity index (χ3n) is 4.69. The van der Waals surface area contributed by atoms with Gasteiger partial charge < -0.3 is 14.6 Å². The predicted molar refractivity (Wildman–Crippen MR) is 104 cm³/mol. The molecule has 0 aromatic carbocycles. The molecule has 0 saturated carbocycles. The summed E-state index contributed by atoms with van der Waals surface area (Å²) < 4.78 is 1.92. The van der Waals surface area contributed by atoms with E-state index >= 15 is 0 Å². The van der Waals surface area contributed by atoms with Crippen LogP contribution in [-0.2, 0) is 11.3 Å². The zero-order chi connectivity index (χ0) is 19.5. The summed E-state index contributed by atoms with van der Waals surface area (Å²) in [6, 6.07) is 6.37. The summed E-state index contributed by atoms with van der Waals surface area (Å²) in [5.41, 5.74) is 0.871. The van der Waals surface area contributed by atoms with Gasteiger partial charge in [0.05, 0.1) is 22.8 Å². The molecule has 8 heteroatoms. The van der Waals surface area contributed by atoms with Crippen LogP contribution in [0.4, 0.5) is 0 Å². The highest BCUT2D eigenvalue weighted by Crippen LogP contribution is 2.39. The second-order valence-corrected chi connectivity index (χ2v) is 7.35. The Labute approximate surface area is 165 Å². The van der Waals surface area contributed by atoms with E-state index in [0.717, 1.165) is 5.56 Å². The van der Waals surface area contributed by atoms with Gasteiger partial charge in [-0.2, -0.15) is 0 Å². The lowest BCUT2D eigenvalue weighted by atomic mass is 9.96. The van der Waals surface area contributed by atoms with Gasteiger partial charge in [0.25, 0.3) is 5.91 Å². The molecule has 3 aromatic heterocycles. The average Bonchev–Trinajstić information content (AvgIpc) is 3.46. The summed E-state index contributed by atoms with van der Waals surface area (Å²) in [4.78, 5) is 35.9. The number of imidazole rings is 1. The van der Waals surface area contributed by atoms with Crippen LogP contribution in [0.15, 0.2) is 72.1 Å². The molecule has 0 radical (unpaired) electrons. The van der Waals surface area contributed by atoms with Crippen LogP contribution in [0.2, 0.25) is 0 Å². The van der Waals surface area contributed by atoms with E-state index in [1.165, 1.54) is 11.3 Å². The highest BCUT2D eigenvalue weighted by molar-refractivity contribution is 7.12. The fourth-order valence-corrected chi connectivity index (χ4v) is 4.07. The first kappa shape index (κ1) is 18.1. The first-order valence-electron chi connectivity index (χ1n) is 8.85. The third-order valence-corrected chi connectivity index (χ3v) is 5.56. The Bertz CT molecular complexity index is 998. The molecule has 4 rings (SSSR count). The fourth-order valence-electron chi connectivity index (χ4n) is 3.39. The van der Waals surface area contributed by atoms with Crippen molar-refractivity contribution in [1.82, 2.24) is 19.4 Å². The zero-order valence-electron chi connectivity index (χ0n) is 14.9. The van der Waals surface area contributed by atoms with Crippen LogP contribution < -0.4 is 0 Å². The number of thiophene rings is 1. The number of aryl methyl sites for hydroxylation is 1. The Morgan fingerprint density at radius 1 is 1.14 bits per heavy atom. The summed E-state index contributed by atoms with van der Waals surface area (Å²) in [5, 5.41) is 12.4. The van der Waals surface area contributed by atoms with Crippen LogP contribution in [0.25, 0.3) is 0 Å². The van der Waals surface area contributed by atoms with E-state index in [1.54, 1.807) is 59.5 Å². The summed E-state index contributed by atoms with van der Waals surface area (Å²) >= 11 is 1.29. The number of carbonyl (C=O) groups is 2. The largest absolute Gasteiger partial charge is 0.503 e. The van der Waals surface area contributed by atoms with Crippen molar-refractivity contribution in [2.75, 3.05) is 6.54 Å². The molecule has 7 nitrogen and oxygen atoms in total. The Balaban J connectivity index is 1.64. The molecule has 0 aliphatic carbocycles. The molecule has 1 unspecified atom stereocenters. The number of Topliss-reactive ketones (excluding diaryl/α,β-unsaturated/α-hetero) is 1. The Hall–Kier alpha value is -3.26. The number of aromatic nitrogens is 3. The van der Waals surface area contributed by atoms with Crippen LogP contribution >= 0.6 is 11.3 Å². The van der Waals surface area contributed by atoms with Crippen LogP contribution in [0, 0.1) is 0 Å². The summed E-state index contributed by atoms with van der Waals surface area (Å²) in [6.07, 6.45) is 9.17. The number of aliphatic hydroxyl groups excluding tert-OH is 1. The second kappa shape index (κ2) is 7.77. The highest BCUT2D eigenvalue weighted by atomic mass is 32.1. The molecule has 1 aliphatic heterocycles. The highest BCUT2D eigenvalue weighted by Gasteiger charge is 2.43. The van der Waals surface area contributed by atoms with Crippen molar-refractivity contribution in [3.05, 3.63) is 82.5 Å². The lowest BCUT2D eigenvalue weighted by Crippen LogP contribution is -2.32. The van der Waals surface area contributed by atoms with Crippen LogP contribution in [-0.4, -0.2) is 42.8 Å². The van der Waals surface area contributed by atoms with Gasteiger partial charge in [-0.05, 0) is 35.6 Å².